The molecule has 0 heterocycles. The van der Waals surface area contributed by atoms with Gasteiger partial charge in [0.25, 0.3) is 0 Å². The van der Waals surface area contributed by atoms with Crippen LogP contribution in [0.5, 0.6) is 0 Å². The summed E-state index contributed by atoms with van der Waals surface area (Å²) in [7, 11) is 3.98. The first-order valence-electron chi connectivity index (χ1n) is 5.97. The molecule has 100 valence electrons. The first kappa shape index (κ1) is 15.2. The number of rotatable bonds is 5. The van der Waals surface area contributed by atoms with E-state index < -0.39 is 5.97 Å². The van der Waals surface area contributed by atoms with Gasteiger partial charge in [0.1, 0.15) is 0 Å². The predicted molar refractivity (Wildman–Crippen MR) is 76.7 cm³/mol. The number of halogens is 1. The van der Waals surface area contributed by atoms with Gasteiger partial charge in [0.2, 0.25) is 0 Å². The Hall–Kier alpha value is -0.870. The van der Waals surface area contributed by atoms with E-state index in [4.69, 9.17) is 5.11 Å². The van der Waals surface area contributed by atoms with Crippen LogP contribution in [-0.4, -0.2) is 30.1 Å². The highest BCUT2D eigenvalue weighted by Crippen LogP contribution is 2.32. The van der Waals surface area contributed by atoms with Gasteiger partial charge in [0, 0.05) is 16.9 Å². The second-order valence-electron chi connectivity index (χ2n) is 4.98. The third kappa shape index (κ3) is 3.82. The van der Waals surface area contributed by atoms with Gasteiger partial charge in [-0.25, -0.2) is 0 Å². The van der Waals surface area contributed by atoms with E-state index in [1.807, 2.05) is 27.1 Å². The minimum Gasteiger partial charge on any atom is -0.481 e. The standard InChI is InChI=1S/C14H20BrNO2/c1-9-5-6-11(15)8-12(9)14(16(3)4)10(2)7-13(17)18/h5-6,8,10,14H,7H2,1-4H3,(H,17,18). The van der Waals surface area contributed by atoms with Gasteiger partial charge in [-0.1, -0.05) is 28.9 Å². The van der Waals surface area contributed by atoms with Crippen LogP contribution in [0.4, 0.5) is 0 Å². The summed E-state index contributed by atoms with van der Waals surface area (Å²) in [5.74, 6) is -0.688. The number of hydrogen-bond acceptors (Lipinski definition) is 2. The maximum atomic E-state index is 10.9. The van der Waals surface area contributed by atoms with E-state index in [-0.39, 0.29) is 18.4 Å². The maximum absolute atomic E-state index is 10.9. The minimum atomic E-state index is -0.748. The molecule has 0 amide bonds. The van der Waals surface area contributed by atoms with Gasteiger partial charge in [-0.15, -0.1) is 0 Å². The molecule has 0 saturated heterocycles. The Balaban J connectivity index is 3.11. The van der Waals surface area contributed by atoms with Crippen LogP contribution in [-0.2, 0) is 4.79 Å². The van der Waals surface area contributed by atoms with Gasteiger partial charge in [-0.05, 0) is 50.2 Å². The SMILES string of the molecule is Cc1ccc(Br)cc1C(C(C)CC(=O)O)N(C)C. The summed E-state index contributed by atoms with van der Waals surface area (Å²) in [4.78, 5) is 13.0. The van der Waals surface area contributed by atoms with Crippen molar-refractivity contribution in [2.45, 2.75) is 26.3 Å². The molecular formula is C14H20BrNO2. The molecule has 0 spiro atoms. The van der Waals surface area contributed by atoms with Crippen LogP contribution < -0.4 is 0 Å². The Kier molecular flexibility index (Phi) is 5.35. The van der Waals surface area contributed by atoms with Gasteiger partial charge in [-0.3, -0.25) is 4.79 Å². The summed E-state index contributed by atoms with van der Waals surface area (Å²) in [6.45, 7) is 4.05. The second kappa shape index (κ2) is 6.34. The Labute approximate surface area is 117 Å². The lowest BCUT2D eigenvalue weighted by molar-refractivity contribution is -0.138. The van der Waals surface area contributed by atoms with Crippen LogP contribution in [0.2, 0.25) is 0 Å². The zero-order valence-electron chi connectivity index (χ0n) is 11.3. The number of hydrogen-bond donors (Lipinski definition) is 1. The smallest absolute Gasteiger partial charge is 0.303 e. The van der Waals surface area contributed by atoms with Crippen molar-refractivity contribution in [3.05, 3.63) is 33.8 Å². The molecule has 18 heavy (non-hydrogen) atoms. The fraction of sp³-hybridized carbons (Fsp3) is 0.500. The van der Waals surface area contributed by atoms with Crippen LogP contribution >= 0.6 is 15.9 Å². The maximum Gasteiger partial charge on any atom is 0.303 e. The highest BCUT2D eigenvalue weighted by atomic mass is 79.9. The molecule has 0 fully saturated rings. The topological polar surface area (TPSA) is 40.5 Å². The van der Waals surface area contributed by atoms with Gasteiger partial charge in [0.05, 0.1) is 0 Å². The molecule has 0 aliphatic heterocycles. The molecule has 0 aliphatic rings. The summed E-state index contributed by atoms with van der Waals surface area (Å²) in [6, 6.07) is 6.26. The Bertz CT molecular complexity index is 432. The molecule has 2 atom stereocenters. The molecule has 0 saturated carbocycles. The molecule has 0 bridgehead atoms. The molecule has 1 aromatic carbocycles. The third-order valence-electron chi connectivity index (χ3n) is 3.15. The van der Waals surface area contributed by atoms with Gasteiger partial charge < -0.3 is 10.0 Å². The summed E-state index contributed by atoms with van der Waals surface area (Å²) in [6.07, 6.45) is 0.175. The number of carbonyl (C=O) groups is 1. The normalized spacial score (nSPS) is 14.6. The van der Waals surface area contributed by atoms with Crippen molar-refractivity contribution in [2.75, 3.05) is 14.1 Å². The Morgan fingerprint density at radius 3 is 2.56 bits per heavy atom. The van der Waals surface area contributed by atoms with Crippen LogP contribution in [0.3, 0.4) is 0 Å². The number of aryl methyl sites for hydroxylation is 1. The highest BCUT2D eigenvalue weighted by molar-refractivity contribution is 9.10. The lowest BCUT2D eigenvalue weighted by Crippen LogP contribution is -2.28. The molecule has 4 heteroatoms. The van der Waals surface area contributed by atoms with E-state index in [0.29, 0.717) is 0 Å². The average molecular weight is 314 g/mol. The van der Waals surface area contributed by atoms with Crippen LogP contribution in [0.15, 0.2) is 22.7 Å². The van der Waals surface area contributed by atoms with Crippen LogP contribution in [0.1, 0.15) is 30.5 Å². The number of aliphatic carboxylic acids is 1. The molecular weight excluding hydrogens is 294 g/mol. The summed E-state index contributed by atoms with van der Waals surface area (Å²) < 4.78 is 1.03. The van der Waals surface area contributed by atoms with E-state index in [2.05, 4.69) is 39.9 Å². The summed E-state index contributed by atoms with van der Waals surface area (Å²) in [5, 5.41) is 8.96. The molecule has 0 aliphatic carbocycles. The van der Waals surface area contributed by atoms with Crippen LogP contribution in [0, 0.1) is 12.8 Å². The fourth-order valence-electron chi connectivity index (χ4n) is 2.41. The molecule has 0 aromatic heterocycles. The zero-order chi connectivity index (χ0) is 13.9. The van der Waals surface area contributed by atoms with Crippen molar-refractivity contribution in [3.8, 4) is 0 Å². The van der Waals surface area contributed by atoms with Crippen molar-refractivity contribution in [1.29, 1.82) is 0 Å². The number of carboxylic acids is 1. The molecule has 3 nitrogen and oxygen atoms in total. The largest absolute Gasteiger partial charge is 0.481 e. The number of benzene rings is 1. The van der Waals surface area contributed by atoms with E-state index >= 15 is 0 Å². The monoisotopic (exact) mass is 313 g/mol. The Morgan fingerprint density at radius 2 is 2.06 bits per heavy atom. The molecule has 1 rings (SSSR count). The zero-order valence-corrected chi connectivity index (χ0v) is 12.9. The van der Waals surface area contributed by atoms with Gasteiger partial charge in [0.15, 0.2) is 0 Å². The minimum absolute atomic E-state index is 0.0606. The number of carboxylic acid groups (broad SMARTS) is 1. The molecule has 1 aromatic rings. The quantitative estimate of drug-likeness (QED) is 0.905. The van der Waals surface area contributed by atoms with Gasteiger partial charge in [-0.2, -0.15) is 0 Å². The Morgan fingerprint density at radius 1 is 1.44 bits per heavy atom. The third-order valence-corrected chi connectivity index (χ3v) is 3.65. The summed E-state index contributed by atoms with van der Waals surface area (Å²) in [5.41, 5.74) is 2.37. The van der Waals surface area contributed by atoms with E-state index in [1.165, 1.54) is 11.1 Å². The van der Waals surface area contributed by atoms with Crippen LogP contribution in [0.25, 0.3) is 0 Å². The van der Waals surface area contributed by atoms with Crippen molar-refractivity contribution in [2.24, 2.45) is 5.92 Å². The molecule has 1 N–H and O–H groups in total. The molecule has 0 radical (unpaired) electrons. The highest BCUT2D eigenvalue weighted by Gasteiger charge is 2.25. The average Bonchev–Trinajstić information content (AvgIpc) is 2.21. The fourth-order valence-corrected chi connectivity index (χ4v) is 2.79. The van der Waals surface area contributed by atoms with E-state index in [1.54, 1.807) is 0 Å². The second-order valence-corrected chi connectivity index (χ2v) is 5.90. The lowest BCUT2D eigenvalue weighted by Gasteiger charge is -2.31. The van der Waals surface area contributed by atoms with Gasteiger partial charge >= 0.3 is 5.97 Å². The predicted octanol–water partition coefficient (Wildman–Crippen LogP) is 3.47. The van der Waals surface area contributed by atoms with Crippen molar-refractivity contribution in [3.63, 3.8) is 0 Å². The van der Waals surface area contributed by atoms with Crippen molar-refractivity contribution >= 4 is 21.9 Å². The van der Waals surface area contributed by atoms with Crippen molar-refractivity contribution < 1.29 is 9.90 Å². The van der Waals surface area contributed by atoms with E-state index in [9.17, 15) is 4.79 Å². The first-order valence-corrected chi connectivity index (χ1v) is 6.76. The number of nitrogens with zero attached hydrogens (tertiary/aromatic N) is 1. The van der Waals surface area contributed by atoms with E-state index in [0.717, 1.165) is 4.47 Å². The summed E-state index contributed by atoms with van der Waals surface area (Å²) >= 11 is 3.48. The first-order chi connectivity index (χ1) is 8.32. The lowest BCUT2D eigenvalue weighted by atomic mass is 9.88. The molecule has 2 unspecified atom stereocenters. The van der Waals surface area contributed by atoms with Crippen molar-refractivity contribution in [1.82, 2.24) is 4.90 Å².